The average Bonchev–Trinajstić information content (AvgIpc) is 2.34. The third-order valence-corrected chi connectivity index (χ3v) is 2.62. The summed E-state index contributed by atoms with van der Waals surface area (Å²) in [6, 6.07) is 9.22. The van der Waals surface area contributed by atoms with Crippen LogP contribution in [0.4, 0.5) is 11.5 Å². The largest absolute Gasteiger partial charge is 0.336 e. The number of rotatable bonds is 2. The Morgan fingerprint density at radius 2 is 2.18 bits per heavy atom. The molecule has 0 saturated heterocycles. The Bertz CT molecular complexity index is 569. The number of anilines is 2. The molecule has 0 fully saturated rings. The number of nitriles is 1. The van der Waals surface area contributed by atoms with Gasteiger partial charge in [-0.15, -0.1) is 5.10 Å². The lowest BCUT2D eigenvalue weighted by atomic mass is 10.2. The highest BCUT2D eigenvalue weighted by molar-refractivity contribution is 6.33. The molecule has 0 aliphatic rings. The molecule has 0 amide bonds. The van der Waals surface area contributed by atoms with Crippen molar-refractivity contribution in [2.75, 3.05) is 5.32 Å². The fourth-order valence-corrected chi connectivity index (χ4v) is 1.69. The summed E-state index contributed by atoms with van der Waals surface area (Å²) in [5.74, 6) is 0.409. The molecule has 0 unspecified atom stereocenters. The summed E-state index contributed by atoms with van der Waals surface area (Å²) in [7, 11) is 0. The minimum absolute atomic E-state index is 0.409. The van der Waals surface area contributed by atoms with E-state index in [4.69, 9.17) is 16.9 Å². The Hall–Kier alpha value is -2.12. The van der Waals surface area contributed by atoms with E-state index in [1.807, 2.05) is 25.1 Å². The lowest BCUT2D eigenvalue weighted by Crippen LogP contribution is -2.00. The quantitative estimate of drug-likeness (QED) is 0.882. The monoisotopic (exact) mass is 244 g/mol. The second-order valence-corrected chi connectivity index (χ2v) is 3.87. The van der Waals surface area contributed by atoms with Crippen molar-refractivity contribution < 1.29 is 0 Å². The topological polar surface area (TPSA) is 61.6 Å². The van der Waals surface area contributed by atoms with Crippen LogP contribution in [0.1, 0.15) is 11.1 Å². The van der Waals surface area contributed by atoms with E-state index in [0.29, 0.717) is 16.4 Å². The van der Waals surface area contributed by atoms with Crippen LogP contribution in [0.25, 0.3) is 0 Å². The lowest BCUT2D eigenvalue weighted by Gasteiger charge is -2.10. The predicted octanol–water partition coefficient (Wildman–Crippen LogP) is 3.05. The van der Waals surface area contributed by atoms with E-state index in [2.05, 4.69) is 15.5 Å². The summed E-state index contributed by atoms with van der Waals surface area (Å²) in [6.07, 6.45) is 1.48. The Morgan fingerprint density at radius 1 is 1.35 bits per heavy atom. The van der Waals surface area contributed by atoms with Gasteiger partial charge in [0.25, 0.3) is 0 Å². The van der Waals surface area contributed by atoms with Crippen molar-refractivity contribution in [1.29, 1.82) is 5.26 Å². The molecule has 0 saturated carbocycles. The predicted molar refractivity (Wildman–Crippen MR) is 66.2 cm³/mol. The minimum atomic E-state index is 0.409. The van der Waals surface area contributed by atoms with E-state index in [1.165, 1.54) is 6.20 Å². The Kier molecular flexibility index (Phi) is 3.22. The number of halogens is 1. The van der Waals surface area contributed by atoms with Crippen molar-refractivity contribution in [1.82, 2.24) is 10.2 Å². The molecule has 5 heteroatoms. The number of nitrogens with one attached hydrogen (secondary N) is 1. The van der Waals surface area contributed by atoms with Crippen molar-refractivity contribution >= 4 is 23.1 Å². The number of hydrogen-bond donors (Lipinski definition) is 1. The first-order valence-electron chi connectivity index (χ1n) is 4.96. The van der Waals surface area contributed by atoms with Gasteiger partial charge in [-0.1, -0.05) is 23.7 Å². The molecule has 0 bridgehead atoms. The van der Waals surface area contributed by atoms with Gasteiger partial charge >= 0.3 is 0 Å². The van der Waals surface area contributed by atoms with Crippen molar-refractivity contribution in [3.05, 3.63) is 46.6 Å². The Balaban J connectivity index is 2.42. The molecular formula is C12H9ClN4. The molecule has 2 rings (SSSR count). The standard InChI is InChI=1S/C12H9ClN4/c1-8-3-2-4-10(13)11(8)16-12-9(7-14)5-6-15-17-12/h2-6H,1H3,(H,16,17). The van der Waals surface area contributed by atoms with Gasteiger partial charge in [-0.25, -0.2) is 0 Å². The highest BCUT2D eigenvalue weighted by Crippen LogP contribution is 2.28. The molecule has 1 aromatic carbocycles. The summed E-state index contributed by atoms with van der Waals surface area (Å²) in [5, 5.41) is 20.2. The Labute approximate surface area is 104 Å². The smallest absolute Gasteiger partial charge is 0.171 e. The van der Waals surface area contributed by atoms with Gasteiger partial charge in [-0.3, -0.25) is 0 Å². The first-order chi connectivity index (χ1) is 8.22. The van der Waals surface area contributed by atoms with Gasteiger partial charge in [0.15, 0.2) is 5.82 Å². The molecule has 0 atom stereocenters. The van der Waals surface area contributed by atoms with Crippen LogP contribution in [0.5, 0.6) is 0 Å². The average molecular weight is 245 g/mol. The summed E-state index contributed by atoms with van der Waals surface area (Å²) >= 11 is 6.08. The SMILES string of the molecule is Cc1cccc(Cl)c1Nc1nnccc1C#N. The van der Waals surface area contributed by atoms with Crippen molar-refractivity contribution in [2.45, 2.75) is 6.92 Å². The summed E-state index contributed by atoms with van der Waals surface area (Å²) in [4.78, 5) is 0. The van der Waals surface area contributed by atoms with Gasteiger partial charge in [-0.2, -0.15) is 10.4 Å². The zero-order chi connectivity index (χ0) is 12.3. The zero-order valence-corrected chi connectivity index (χ0v) is 9.86. The highest BCUT2D eigenvalue weighted by atomic mass is 35.5. The van der Waals surface area contributed by atoms with Crippen LogP contribution in [0.2, 0.25) is 5.02 Å². The van der Waals surface area contributed by atoms with E-state index >= 15 is 0 Å². The second kappa shape index (κ2) is 4.81. The van der Waals surface area contributed by atoms with Crippen LogP contribution in [-0.4, -0.2) is 10.2 Å². The van der Waals surface area contributed by atoms with Gasteiger partial charge in [0.2, 0.25) is 0 Å². The molecule has 0 spiro atoms. The van der Waals surface area contributed by atoms with E-state index in [0.717, 1.165) is 11.3 Å². The molecule has 4 nitrogen and oxygen atoms in total. The van der Waals surface area contributed by atoms with Gasteiger partial charge in [0.1, 0.15) is 6.07 Å². The fraction of sp³-hybridized carbons (Fsp3) is 0.0833. The maximum atomic E-state index is 8.94. The van der Waals surface area contributed by atoms with Gasteiger partial charge in [-0.05, 0) is 24.6 Å². The van der Waals surface area contributed by atoms with E-state index < -0.39 is 0 Å². The number of aromatic nitrogens is 2. The number of aryl methyl sites for hydroxylation is 1. The van der Waals surface area contributed by atoms with Crippen molar-refractivity contribution in [3.63, 3.8) is 0 Å². The normalized spacial score (nSPS) is 9.71. The van der Waals surface area contributed by atoms with Crippen LogP contribution in [0.3, 0.4) is 0 Å². The molecule has 17 heavy (non-hydrogen) atoms. The molecule has 1 aromatic heterocycles. The molecule has 0 radical (unpaired) electrons. The third-order valence-electron chi connectivity index (χ3n) is 2.31. The molecule has 2 aromatic rings. The van der Waals surface area contributed by atoms with E-state index in [1.54, 1.807) is 12.1 Å². The van der Waals surface area contributed by atoms with Crippen LogP contribution in [0, 0.1) is 18.3 Å². The maximum Gasteiger partial charge on any atom is 0.171 e. The molecule has 1 N–H and O–H groups in total. The number of benzene rings is 1. The van der Waals surface area contributed by atoms with Crippen LogP contribution in [0.15, 0.2) is 30.5 Å². The third kappa shape index (κ3) is 2.35. The molecular weight excluding hydrogens is 236 g/mol. The fourth-order valence-electron chi connectivity index (χ4n) is 1.42. The highest BCUT2D eigenvalue weighted by Gasteiger charge is 2.08. The van der Waals surface area contributed by atoms with Gasteiger partial charge in [0, 0.05) is 0 Å². The Morgan fingerprint density at radius 3 is 2.88 bits per heavy atom. The van der Waals surface area contributed by atoms with Gasteiger partial charge in [0.05, 0.1) is 22.5 Å². The molecule has 1 heterocycles. The minimum Gasteiger partial charge on any atom is -0.336 e. The van der Waals surface area contributed by atoms with Crippen molar-refractivity contribution in [2.24, 2.45) is 0 Å². The van der Waals surface area contributed by atoms with Crippen LogP contribution >= 0.6 is 11.6 Å². The molecule has 0 aliphatic heterocycles. The van der Waals surface area contributed by atoms with E-state index in [9.17, 15) is 0 Å². The molecule has 0 aliphatic carbocycles. The number of hydrogen-bond acceptors (Lipinski definition) is 4. The zero-order valence-electron chi connectivity index (χ0n) is 9.11. The summed E-state index contributed by atoms with van der Waals surface area (Å²) in [5.41, 5.74) is 2.15. The maximum absolute atomic E-state index is 8.94. The van der Waals surface area contributed by atoms with E-state index in [-0.39, 0.29) is 0 Å². The van der Waals surface area contributed by atoms with Crippen LogP contribution in [-0.2, 0) is 0 Å². The second-order valence-electron chi connectivity index (χ2n) is 3.46. The first kappa shape index (κ1) is 11.4. The van der Waals surface area contributed by atoms with Gasteiger partial charge < -0.3 is 5.32 Å². The first-order valence-corrected chi connectivity index (χ1v) is 5.34. The molecule has 84 valence electrons. The van der Waals surface area contributed by atoms with Crippen LogP contribution < -0.4 is 5.32 Å². The summed E-state index contributed by atoms with van der Waals surface area (Å²) < 4.78 is 0. The van der Waals surface area contributed by atoms with Crippen molar-refractivity contribution in [3.8, 4) is 6.07 Å². The number of para-hydroxylation sites is 1. The summed E-state index contributed by atoms with van der Waals surface area (Å²) in [6.45, 7) is 1.93. The lowest BCUT2D eigenvalue weighted by molar-refractivity contribution is 1.03. The number of nitrogens with zero attached hydrogens (tertiary/aromatic N) is 3.